The Balaban J connectivity index is 5.98. The molecule has 0 unspecified atom stereocenters. The molecule has 5 nitrogen and oxygen atoms in total. The first kappa shape index (κ1) is 28.2. The van der Waals surface area contributed by atoms with Crippen LogP contribution in [0.3, 0.4) is 0 Å². The number of hydrogen-bond donors (Lipinski definition) is 2. The van der Waals surface area contributed by atoms with E-state index in [1.54, 1.807) is 0 Å². The van der Waals surface area contributed by atoms with Crippen LogP contribution in [0.15, 0.2) is 0 Å². The lowest BCUT2D eigenvalue weighted by molar-refractivity contribution is -0.455. The van der Waals surface area contributed by atoms with Gasteiger partial charge >= 0.3 is 30.0 Å². The van der Waals surface area contributed by atoms with Gasteiger partial charge in [0.2, 0.25) is 0 Å². The first-order valence-corrected chi connectivity index (χ1v) is 8.29. The fourth-order valence-electron chi connectivity index (χ4n) is 1.62. The zero-order valence-corrected chi connectivity index (χ0v) is 16.1. The van der Waals surface area contributed by atoms with Gasteiger partial charge in [-0.25, -0.2) is 0 Å². The zero-order chi connectivity index (χ0) is 24.3. The van der Waals surface area contributed by atoms with E-state index in [9.17, 15) is 53.5 Å². The van der Waals surface area contributed by atoms with Crippen molar-refractivity contribution in [3.05, 3.63) is 0 Å². The summed E-state index contributed by atoms with van der Waals surface area (Å²) in [7, 11) is 0. The van der Waals surface area contributed by atoms with E-state index in [0.717, 1.165) is 0 Å². The van der Waals surface area contributed by atoms with Crippen molar-refractivity contribution < 1.29 is 58.2 Å². The highest BCUT2D eigenvalue weighted by atomic mass is 19.4. The fraction of sp³-hybridized carbons (Fsp3) is 0.867. The van der Waals surface area contributed by atoms with E-state index in [1.165, 1.54) is 38.3 Å². The Morgan fingerprint density at radius 2 is 1.10 bits per heavy atom. The van der Waals surface area contributed by atoms with Gasteiger partial charge in [-0.15, -0.1) is 0 Å². The molecule has 0 heterocycles. The Kier molecular flexibility index (Phi) is 8.59. The van der Waals surface area contributed by atoms with Gasteiger partial charge in [0.15, 0.2) is 0 Å². The summed E-state index contributed by atoms with van der Waals surface area (Å²) in [6, 6.07) is 0. The molecule has 0 spiro atoms. The topological polar surface area (TPSA) is 67.4 Å². The number of rotatable bonds is 10. The number of halogens is 10. The average molecular weight is 466 g/mol. The van der Waals surface area contributed by atoms with Crippen LogP contribution in [0, 0.1) is 11.8 Å². The average Bonchev–Trinajstić information content (AvgIpc) is 2.55. The van der Waals surface area contributed by atoms with Gasteiger partial charge in [-0.05, 0) is 11.8 Å². The van der Waals surface area contributed by atoms with Gasteiger partial charge < -0.3 is 10.6 Å². The van der Waals surface area contributed by atoms with Crippen molar-refractivity contribution in [2.75, 3.05) is 13.1 Å². The molecule has 2 amide bonds. The molecule has 0 aromatic carbocycles. The van der Waals surface area contributed by atoms with Crippen LogP contribution in [-0.2, 0) is 14.3 Å². The van der Waals surface area contributed by atoms with Crippen LogP contribution < -0.4 is 10.6 Å². The Hall–Kier alpha value is -1.80. The Labute approximate surface area is 164 Å². The van der Waals surface area contributed by atoms with Crippen molar-refractivity contribution in [2.24, 2.45) is 11.8 Å². The summed E-state index contributed by atoms with van der Waals surface area (Å²) in [6.07, 6.45) is -13.6. The van der Waals surface area contributed by atoms with E-state index >= 15 is 0 Å². The van der Waals surface area contributed by atoms with E-state index in [2.05, 4.69) is 4.74 Å². The second kappa shape index (κ2) is 9.14. The summed E-state index contributed by atoms with van der Waals surface area (Å²) >= 11 is 0. The summed E-state index contributed by atoms with van der Waals surface area (Å²) in [5.74, 6) is -26.6. The normalized spacial score (nSPS) is 15.9. The predicted molar refractivity (Wildman–Crippen MR) is 81.5 cm³/mol. The Bertz CT molecular complexity index is 622. The molecule has 0 aromatic heterocycles. The second-order valence-corrected chi connectivity index (χ2v) is 7.07. The zero-order valence-electron chi connectivity index (χ0n) is 16.1. The lowest BCUT2D eigenvalue weighted by Crippen LogP contribution is -2.66. The molecular formula is C15H20F10N2O3. The number of ether oxygens (including phenoxy) is 1. The molecule has 0 aliphatic carbocycles. The van der Waals surface area contributed by atoms with Gasteiger partial charge in [0.05, 0.1) is 0 Å². The van der Waals surface area contributed by atoms with Crippen molar-refractivity contribution in [3.63, 3.8) is 0 Å². The van der Waals surface area contributed by atoms with Crippen molar-refractivity contribution in [1.82, 2.24) is 10.6 Å². The van der Waals surface area contributed by atoms with Crippen LogP contribution in [0.4, 0.5) is 43.9 Å². The molecule has 0 saturated carbocycles. The van der Waals surface area contributed by atoms with Crippen molar-refractivity contribution in [3.8, 4) is 0 Å². The van der Waals surface area contributed by atoms with Crippen molar-refractivity contribution >= 4 is 11.8 Å². The van der Waals surface area contributed by atoms with Crippen LogP contribution in [0.1, 0.15) is 27.7 Å². The lowest BCUT2D eigenvalue weighted by atomic mass is 10.1. The molecule has 1 atom stereocenters. The highest BCUT2D eigenvalue weighted by molar-refractivity contribution is 5.85. The number of carbonyl (C=O) groups excluding carboxylic acids is 2. The molecule has 15 heteroatoms. The molecule has 0 radical (unpaired) electrons. The number of hydrogen-bond acceptors (Lipinski definition) is 3. The third-order valence-electron chi connectivity index (χ3n) is 3.31. The number of carbonyl (C=O) groups is 2. The molecular weight excluding hydrogens is 446 g/mol. The fourth-order valence-corrected chi connectivity index (χ4v) is 1.62. The minimum absolute atomic E-state index is 0.594. The Morgan fingerprint density at radius 1 is 0.733 bits per heavy atom. The maximum absolute atomic E-state index is 14.1. The third kappa shape index (κ3) is 5.88. The Morgan fingerprint density at radius 3 is 1.43 bits per heavy atom. The smallest absolute Gasteiger partial charge is 0.351 e. The van der Waals surface area contributed by atoms with Crippen LogP contribution in [0.2, 0.25) is 0 Å². The van der Waals surface area contributed by atoms with Crippen LogP contribution in [-0.4, -0.2) is 54.9 Å². The van der Waals surface area contributed by atoms with Gasteiger partial charge in [-0.1, -0.05) is 27.7 Å². The minimum Gasteiger partial charge on any atom is -0.351 e. The summed E-state index contributed by atoms with van der Waals surface area (Å²) in [4.78, 5) is 22.6. The van der Waals surface area contributed by atoms with Crippen LogP contribution in [0.25, 0.3) is 0 Å². The molecule has 0 bridgehead atoms. The molecule has 0 fully saturated rings. The molecule has 0 aliphatic heterocycles. The predicted octanol–water partition coefficient (Wildman–Crippen LogP) is 3.64. The molecule has 2 N–H and O–H groups in total. The van der Waals surface area contributed by atoms with Gasteiger partial charge in [0.1, 0.15) is 0 Å². The lowest BCUT2D eigenvalue weighted by Gasteiger charge is -2.36. The summed E-state index contributed by atoms with van der Waals surface area (Å²) in [6.45, 7) is 3.85. The third-order valence-corrected chi connectivity index (χ3v) is 3.31. The first-order valence-electron chi connectivity index (χ1n) is 8.29. The van der Waals surface area contributed by atoms with Crippen LogP contribution >= 0.6 is 0 Å². The molecule has 0 saturated heterocycles. The van der Waals surface area contributed by atoms with E-state index in [0.29, 0.717) is 0 Å². The van der Waals surface area contributed by atoms with Crippen molar-refractivity contribution in [1.29, 1.82) is 0 Å². The number of amides is 2. The highest BCUT2D eigenvalue weighted by Crippen LogP contribution is 2.50. The van der Waals surface area contributed by atoms with Crippen LogP contribution in [0.5, 0.6) is 0 Å². The molecule has 0 aliphatic rings. The number of nitrogens with one attached hydrogen (secondary N) is 2. The van der Waals surface area contributed by atoms with E-state index in [1.807, 2.05) is 0 Å². The van der Waals surface area contributed by atoms with E-state index < -0.39 is 66.7 Å². The standard InChI is InChI=1S/C15H20F10N2O3/c1-7(2)5-26-9(28)11(16,17)13(19,20)15(24,25)30-12(18,14(21,22)23)10(29)27-6-8(3)4/h7-8H,5-6H2,1-4H3,(H,26,28)(H,27,29)/t12-/m1/s1. The summed E-state index contributed by atoms with van der Waals surface area (Å²) in [5.41, 5.74) is 0. The molecule has 0 rings (SSSR count). The van der Waals surface area contributed by atoms with Gasteiger partial charge in [0, 0.05) is 13.1 Å². The van der Waals surface area contributed by atoms with E-state index in [4.69, 9.17) is 0 Å². The maximum atomic E-state index is 14.1. The highest BCUT2D eigenvalue weighted by Gasteiger charge is 2.80. The van der Waals surface area contributed by atoms with Gasteiger partial charge in [-0.3, -0.25) is 14.3 Å². The SMILES string of the molecule is CC(C)CNC(=O)C(F)(F)C(F)(F)C(F)(F)O[C@](F)(C(=O)NCC(C)C)C(F)(F)F. The monoisotopic (exact) mass is 466 g/mol. The quantitative estimate of drug-likeness (QED) is 0.484. The molecule has 0 aromatic rings. The number of alkyl halides is 10. The van der Waals surface area contributed by atoms with Gasteiger partial charge in [0.25, 0.3) is 11.8 Å². The summed E-state index contributed by atoms with van der Waals surface area (Å²) < 4.78 is 137. The summed E-state index contributed by atoms with van der Waals surface area (Å²) in [5, 5.41) is 2.39. The van der Waals surface area contributed by atoms with Gasteiger partial charge in [-0.2, -0.15) is 43.9 Å². The molecule has 30 heavy (non-hydrogen) atoms. The second-order valence-electron chi connectivity index (χ2n) is 7.07. The van der Waals surface area contributed by atoms with E-state index in [-0.39, 0.29) is 0 Å². The first-order chi connectivity index (χ1) is 13.1. The maximum Gasteiger partial charge on any atom is 0.458 e. The van der Waals surface area contributed by atoms with Crippen molar-refractivity contribution in [2.45, 2.75) is 57.7 Å². The largest absolute Gasteiger partial charge is 0.458 e. The molecule has 178 valence electrons. The minimum atomic E-state index is -6.97.